The number of benzene rings is 1. The number of amides is 3. The standard InChI is InChI=1S/C19H24N4O3S/c1-4-17-21-12(2)16(27-17)11-20-18(24)22-14-7-8-15-13(10-14)6-5-9-23(15)19(25)26-3/h7-8,10H,4-6,9,11H2,1-3H3,(H2,20,22,24). The highest BCUT2D eigenvalue weighted by Crippen LogP contribution is 2.30. The molecule has 1 aliphatic rings. The van der Waals surface area contributed by atoms with E-state index in [1.165, 1.54) is 7.11 Å². The maximum atomic E-state index is 12.2. The van der Waals surface area contributed by atoms with Crippen molar-refractivity contribution in [3.8, 4) is 0 Å². The lowest BCUT2D eigenvalue weighted by molar-refractivity contribution is 0.178. The van der Waals surface area contributed by atoms with Gasteiger partial charge in [0.1, 0.15) is 0 Å². The number of aryl methyl sites for hydroxylation is 3. The van der Waals surface area contributed by atoms with Crippen LogP contribution in [0, 0.1) is 6.92 Å². The quantitative estimate of drug-likeness (QED) is 0.833. The molecule has 0 aliphatic carbocycles. The van der Waals surface area contributed by atoms with Gasteiger partial charge in [-0.3, -0.25) is 4.90 Å². The van der Waals surface area contributed by atoms with Crippen molar-refractivity contribution in [3.63, 3.8) is 0 Å². The van der Waals surface area contributed by atoms with Crippen molar-refractivity contribution in [3.05, 3.63) is 39.3 Å². The lowest BCUT2D eigenvalue weighted by Gasteiger charge is -2.28. The van der Waals surface area contributed by atoms with Crippen LogP contribution in [0.2, 0.25) is 0 Å². The first-order valence-electron chi connectivity index (χ1n) is 9.00. The minimum atomic E-state index is -0.360. The smallest absolute Gasteiger partial charge is 0.414 e. The molecule has 0 atom stereocenters. The van der Waals surface area contributed by atoms with Gasteiger partial charge < -0.3 is 15.4 Å². The number of aromatic nitrogens is 1. The van der Waals surface area contributed by atoms with E-state index in [0.717, 1.165) is 46.1 Å². The van der Waals surface area contributed by atoms with E-state index in [2.05, 4.69) is 22.5 Å². The summed E-state index contributed by atoms with van der Waals surface area (Å²) in [7, 11) is 1.38. The second-order valence-corrected chi connectivity index (χ2v) is 7.51. The predicted octanol–water partition coefficient (Wildman–Crippen LogP) is 3.85. The Morgan fingerprint density at radius 3 is 2.89 bits per heavy atom. The van der Waals surface area contributed by atoms with E-state index in [4.69, 9.17) is 4.74 Å². The largest absolute Gasteiger partial charge is 0.452 e. The zero-order valence-electron chi connectivity index (χ0n) is 15.8. The Balaban J connectivity index is 1.63. The molecule has 144 valence electrons. The topological polar surface area (TPSA) is 83.6 Å². The molecule has 3 amide bonds. The third-order valence-electron chi connectivity index (χ3n) is 4.50. The van der Waals surface area contributed by atoms with Crippen molar-refractivity contribution in [2.75, 3.05) is 23.9 Å². The van der Waals surface area contributed by atoms with E-state index in [0.29, 0.717) is 18.8 Å². The number of nitrogens with zero attached hydrogens (tertiary/aromatic N) is 2. The summed E-state index contributed by atoms with van der Waals surface area (Å²) in [5.74, 6) is 0. The molecule has 0 unspecified atom stereocenters. The van der Waals surface area contributed by atoms with Crippen molar-refractivity contribution < 1.29 is 14.3 Å². The van der Waals surface area contributed by atoms with Gasteiger partial charge in [0.05, 0.1) is 30.0 Å². The molecule has 2 N–H and O–H groups in total. The summed E-state index contributed by atoms with van der Waals surface area (Å²) in [4.78, 5) is 31.3. The molecule has 1 aromatic carbocycles. The van der Waals surface area contributed by atoms with Gasteiger partial charge >= 0.3 is 12.1 Å². The number of urea groups is 1. The fourth-order valence-electron chi connectivity index (χ4n) is 3.11. The van der Waals surface area contributed by atoms with Crippen LogP contribution in [-0.2, 0) is 24.1 Å². The molecular formula is C19H24N4O3S. The summed E-state index contributed by atoms with van der Waals surface area (Å²) in [5, 5.41) is 6.82. The number of fused-ring (bicyclic) bond motifs is 1. The Kier molecular flexibility index (Phi) is 5.95. The van der Waals surface area contributed by atoms with Crippen LogP contribution in [0.4, 0.5) is 21.0 Å². The molecule has 3 rings (SSSR count). The number of hydrogen-bond acceptors (Lipinski definition) is 5. The second kappa shape index (κ2) is 8.39. The van der Waals surface area contributed by atoms with Crippen molar-refractivity contribution in [1.82, 2.24) is 10.3 Å². The van der Waals surface area contributed by atoms with Gasteiger partial charge in [0.25, 0.3) is 0 Å². The van der Waals surface area contributed by atoms with E-state index in [9.17, 15) is 9.59 Å². The number of anilines is 2. The van der Waals surface area contributed by atoms with Crippen molar-refractivity contribution >= 4 is 34.8 Å². The van der Waals surface area contributed by atoms with Crippen LogP contribution in [0.25, 0.3) is 0 Å². The summed E-state index contributed by atoms with van der Waals surface area (Å²) in [6.45, 7) is 5.12. The average molecular weight is 388 g/mol. The molecule has 7 nitrogen and oxygen atoms in total. The molecule has 0 bridgehead atoms. The van der Waals surface area contributed by atoms with Crippen molar-refractivity contribution in [2.24, 2.45) is 0 Å². The Hall–Kier alpha value is -2.61. The minimum absolute atomic E-state index is 0.263. The summed E-state index contributed by atoms with van der Waals surface area (Å²) in [6, 6.07) is 5.30. The molecule has 27 heavy (non-hydrogen) atoms. The van der Waals surface area contributed by atoms with Gasteiger partial charge in [-0.25, -0.2) is 14.6 Å². The number of thiazole rings is 1. The van der Waals surface area contributed by atoms with Crippen LogP contribution in [0.15, 0.2) is 18.2 Å². The highest BCUT2D eigenvalue weighted by atomic mass is 32.1. The van der Waals surface area contributed by atoms with Crippen LogP contribution >= 0.6 is 11.3 Å². The van der Waals surface area contributed by atoms with E-state index in [1.807, 2.05) is 19.1 Å². The van der Waals surface area contributed by atoms with Gasteiger partial charge in [0.2, 0.25) is 0 Å². The van der Waals surface area contributed by atoms with Crippen LogP contribution in [0.1, 0.15) is 34.5 Å². The Morgan fingerprint density at radius 2 is 2.19 bits per heavy atom. The third kappa shape index (κ3) is 4.39. The van der Waals surface area contributed by atoms with E-state index in [-0.39, 0.29) is 12.1 Å². The van der Waals surface area contributed by atoms with Crippen LogP contribution in [0.5, 0.6) is 0 Å². The van der Waals surface area contributed by atoms with Crippen LogP contribution < -0.4 is 15.5 Å². The van der Waals surface area contributed by atoms with E-state index >= 15 is 0 Å². The summed E-state index contributed by atoms with van der Waals surface area (Å²) in [5.41, 5.74) is 3.53. The molecular weight excluding hydrogens is 364 g/mol. The van der Waals surface area contributed by atoms with Crippen LogP contribution in [0.3, 0.4) is 0 Å². The Morgan fingerprint density at radius 1 is 1.37 bits per heavy atom. The third-order valence-corrected chi connectivity index (χ3v) is 5.80. The number of carbonyl (C=O) groups is 2. The molecule has 1 aliphatic heterocycles. The lowest BCUT2D eigenvalue weighted by atomic mass is 10.0. The van der Waals surface area contributed by atoms with E-state index < -0.39 is 0 Å². The zero-order valence-corrected chi connectivity index (χ0v) is 16.6. The fraction of sp³-hybridized carbons (Fsp3) is 0.421. The number of carbonyl (C=O) groups excluding carboxylic acids is 2. The number of hydrogen-bond donors (Lipinski definition) is 2. The molecule has 0 radical (unpaired) electrons. The number of rotatable bonds is 4. The number of methoxy groups -OCH3 is 1. The van der Waals surface area contributed by atoms with Gasteiger partial charge in [0.15, 0.2) is 0 Å². The maximum Gasteiger partial charge on any atom is 0.414 e. The number of ether oxygens (including phenoxy) is 1. The van der Waals surface area contributed by atoms with Gasteiger partial charge in [-0.2, -0.15) is 0 Å². The molecule has 2 aromatic rings. The fourth-order valence-corrected chi connectivity index (χ4v) is 4.06. The number of nitrogens with one attached hydrogen (secondary N) is 2. The molecule has 0 spiro atoms. The monoisotopic (exact) mass is 388 g/mol. The molecule has 1 aromatic heterocycles. The first-order valence-corrected chi connectivity index (χ1v) is 9.82. The van der Waals surface area contributed by atoms with E-state index in [1.54, 1.807) is 22.3 Å². The molecule has 0 saturated heterocycles. The summed E-state index contributed by atoms with van der Waals surface area (Å²) >= 11 is 1.63. The molecule has 8 heteroatoms. The van der Waals surface area contributed by atoms with Gasteiger partial charge in [0, 0.05) is 17.1 Å². The normalized spacial score (nSPS) is 13.1. The van der Waals surface area contributed by atoms with Crippen molar-refractivity contribution in [2.45, 2.75) is 39.7 Å². The first kappa shape index (κ1) is 19.2. The SMILES string of the molecule is CCc1nc(C)c(CNC(=O)Nc2ccc3c(c2)CCCN3C(=O)OC)s1. The maximum absolute atomic E-state index is 12.2. The first-order chi connectivity index (χ1) is 13.0. The Bertz CT molecular complexity index is 849. The Labute approximate surface area is 162 Å². The van der Waals surface area contributed by atoms with Crippen molar-refractivity contribution in [1.29, 1.82) is 0 Å². The predicted molar refractivity (Wildman–Crippen MR) is 107 cm³/mol. The summed E-state index contributed by atoms with van der Waals surface area (Å²) < 4.78 is 4.84. The molecule has 0 fully saturated rings. The average Bonchev–Trinajstić information content (AvgIpc) is 3.05. The van der Waals surface area contributed by atoms with Gasteiger partial charge in [-0.05, 0) is 49.9 Å². The zero-order chi connectivity index (χ0) is 19.4. The highest BCUT2D eigenvalue weighted by Gasteiger charge is 2.23. The second-order valence-electron chi connectivity index (χ2n) is 6.35. The molecule has 2 heterocycles. The molecule has 0 saturated carbocycles. The highest BCUT2D eigenvalue weighted by molar-refractivity contribution is 7.11. The lowest BCUT2D eigenvalue weighted by Crippen LogP contribution is -2.35. The van der Waals surface area contributed by atoms with Gasteiger partial charge in [-0.15, -0.1) is 11.3 Å². The summed E-state index contributed by atoms with van der Waals surface area (Å²) in [6.07, 6.45) is 2.26. The van der Waals surface area contributed by atoms with Crippen LogP contribution in [-0.4, -0.2) is 30.8 Å². The minimum Gasteiger partial charge on any atom is -0.452 e. The van der Waals surface area contributed by atoms with Gasteiger partial charge in [-0.1, -0.05) is 6.92 Å².